The van der Waals surface area contributed by atoms with Gasteiger partial charge in [0.15, 0.2) is 0 Å². The monoisotopic (exact) mass is 279 g/mol. The van der Waals surface area contributed by atoms with Gasteiger partial charge in [-0.25, -0.2) is 0 Å². The van der Waals surface area contributed by atoms with E-state index in [4.69, 9.17) is 0 Å². The van der Waals surface area contributed by atoms with Crippen LogP contribution in [0.25, 0.3) is 0 Å². The normalized spacial score (nSPS) is 13.3. The van der Waals surface area contributed by atoms with Crippen LogP contribution >= 0.6 is 0 Å². The van der Waals surface area contributed by atoms with Gasteiger partial charge in [0.1, 0.15) is 0 Å². The van der Waals surface area contributed by atoms with Crippen LogP contribution in [0.2, 0.25) is 0 Å². The van der Waals surface area contributed by atoms with E-state index in [0.29, 0.717) is 6.04 Å². The molecular formula is C17H33N3. The molecule has 20 heavy (non-hydrogen) atoms. The third kappa shape index (κ3) is 5.29. The van der Waals surface area contributed by atoms with Crippen LogP contribution in [0.15, 0.2) is 18.5 Å². The summed E-state index contributed by atoms with van der Waals surface area (Å²) in [6.45, 7) is 9.98. The number of hydrogen-bond acceptors (Lipinski definition) is 2. The van der Waals surface area contributed by atoms with Crippen LogP contribution in [-0.2, 0) is 13.1 Å². The Kier molecular flexibility index (Phi) is 7.93. The fourth-order valence-electron chi connectivity index (χ4n) is 2.96. The Morgan fingerprint density at radius 1 is 1.20 bits per heavy atom. The van der Waals surface area contributed by atoms with Crippen molar-refractivity contribution in [2.45, 2.75) is 59.2 Å². The van der Waals surface area contributed by atoms with Gasteiger partial charge in [-0.3, -0.25) is 0 Å². The van der Waals surface area contributed by atoms with Crippen LogP contribution in [0.4, 0.5) is 0 Å². The van der Waals surface area contributed by atoms with E-state index >= 15 is 0 Å². The predicted octanol–water partition coefficient (Wildman–Crippen LogP) is 3.35. The van der Waals surface area contributed by atoms with Gasteiger partial charge in [0.2, 0.25) is 0 Å². The molecule has 1 atom stereocenters. The summed E-state index contributed by atoms with van der Waals surface area (Å²) in [6, 6.07) is 2.85. The van der Waals surface area contributed by atoms with Crippen molar-refractivity contribution in [3.8, 4) is 0 Å². The van der Waals surface area contributed by atoms with Crippen LogP contribution < -0.4 is 5.32 Å². The smallest absolute Gasteiger partial charge is 0.0242 e. The van der Waals surface area contributed by atoms with Crippen molar-refractivity contribution >= 4 is 0 Å². The van der Waals surface area contributed by atoms with Gasteiger partial charge in [0.05, 0.1) is 0 Å². The van der Waals surface area contributed by atoms with Crippen LogP contribution in [0.3, 0.4) is 0 Å². The molecule has 0 saturated heterocycles. The van der Waals surface area contributed by atoms with Crippen molar-refractivity contribution in [1.82, 2.24) is 14.8 Å². The summed E-state index contributed by atoms with van der Waals surface area (Å²) in [4.78, 5) is 2.37. The lowest BCUT2D eigenvalue weighted by molar-refractivity contribution is 0.194. The Bertz CT molecular complexity index is 353. The van der Waals surface area contributed by atoms with Gasteiger partial charge in [-0.2, -0.15) is 0 Å². The molecule has 1 rings (SSSR count). The molecule has 0 bridgehead atoms. The van der Waals surface area contributed by atoms with Gasteiger partial charge in [-0.05, 0) is 38.1 Å². The van der Waals surface area contributed by atoms with Crippen molar-refractivity contribution in [3.63, 3.8) is 0 Å². The molecule has 0 spiro atoms. The maximum absolute atomic E-state index is 3.63. The van der Waals surface area contributed by atoms with Gasteiger partial charge in [0.25, 0.3) is 0 Å². The second-order valence-corrected chi connectivity index (χ2v) is 6.00. The van der Waals surface area contributed by atoms with Crippen molar-refractivity contribution in [2.75, 3.05) is 20.6 Å². The minimum atomic E-state index is 0.628. The Labute approximate surface area is 125 Å². The van der Waals surface area contributed by atoms with E-state index in [1.807, 2.05) is 0 Å². The number of aromatic nitrogens is 1. The van der Waals surface area contributed by atoms with Crippen molar-refractivity contribution in [1.29, 1.82) is 0 Å². The van der Waals surface area contributed by atoms with Crippen LogP contribution in [0.1, 0.15) is 45.6 Å². The van der Waals surface area contributed by atoms with Crippen LogP contribution in [0, 0.1) is 5.92 Å². The second kappa shape index (κ2) is 9.19. The summed E-state index contributed by atoms with van der Waals surface area (Å²) in [5, 5.41) is 3.63. The van der Waals surface area contributed by atoms with E-state index in [0.717, 1.165) is 25.6 Å². The molecule has 0 saturated carbocycles. The fraction of sp³-hybridized carbons (Fsp3) is 0.765. The average molecular weight is 279 g/mol. The number of nitrogens with zero attached hydrogens (tertiary/aromatic N) is 2. The predicted molar refractivity (Wildman–Crippen MR) is 88.0 cm³/mol. The number of hydrogen-bond donors (Lipinski definition) is 1. The van der Waals surface area contributed by atoms with E-state index < -0.39 is 0 Å². The minimum absolute atomic E-state index is 0.628. The molecule has 1 aromatic rings. The van der Waals surface area contributed by atoms with Crippen molar-refractivity contribution in [3.05, 3.63) is 24.0 Å². The van der Waals surface area contributed by atoms with Crippen LogP contribution in [0.5, 0.6) is 0 Å². The Morgan fingerprint density at radius 3 is 2.45 bits per heavy atom. The zero-order chi connectivity index (χ0) is 15.0. The van der Waals surface area contributed by atoms with Gasteiger partial charge in [-0.15, -0.1) is 0 Å². The van der Waals surface area contributed by atoms with E-state index in [9.17, 15) is 0 Å². The summed E-state index contributed by atoms with van der Waals surface area (Å²) in [5.41, 5.74) is 1.39. The highest BCUT2D eigenvalue weighted by molar-refractivity contribution is 5.09. The molecule has 0 aromatic carbocycles. The minimum Gasteiger partial charge on any atom is -0.354 e. The van der Waals surface area contributed by atoms with Gasteiger partial charge in [-0.1, -0.05) is 33.6 Å². The molecule has 1 aromatic heterocycles. The maximum atomic E-state index is 3.63. The fourth-order valence-corrected chi connectivity index (χ4v) is 2.96. The van der Waals surface area contributed by atoms with Crippen molar-refractivity contribution in [2.24, 2.45) is 5.92 Å². The molecule has 0 aliphatic rings. The molecule has 3 nitrogen and oxygen atoms in total. The molecule has 0 aliphatic heterocycles. The molecule has 0 amide bonds. The molecule has 0 aliphatic carbocycles. The van der Waals surface area contributed by atoms with Gasteiger partial charge < -0.3 is 14.8 Å². The van der Waals surface area contributed by atoms with Gasteiger partial charge >= 0.3 is 0 Å². The number of likely N-dealkylation sites (N-methyl/N-ethyl adjacent to an activating group) is 1. The summed E-state index contributed by atoms with van der Waals surface area (Å²) in [7, 11) is 4.39. The second-order valence-electron chi connectivity index (χ2n) is 6.00. The third-order valence-electron chi connectivity index (χ3n) is 4.23. The lowest BCUT2D eigenvalue weighted by atomic mass is 9.93. The number of rotatable bonds is 10. The lowest BCUT2D eigenvalue weighted by Crippen LogP contribution is -2.42. The quantitative estimate of drug-likeness (QED) is 0.709. The Hall–Kier alpha value is -0.800. The third-order valence-corrected chi connectivity index (χ3v) is 4.23. The first-order valence-corrected chi connectivity index (χ1v) is 8.14. The maximum Gasteiger partial charge on any atom is 0.0242 e. The molecule has 1 heterocycles. The van der Waals surface area contributed by atoms with E-state index in [-0.39, 0.29) is 0 Å². The molecule has 1 N–H and O–H groups in total. The first kappa shape index (κ1) is 17.3. The summed E-state index contributed by atoms with van der Waals surface area (Å²) < 4.78 is 2.28. The SMILES string of the molecule is CCCn1ccc(CNCC(C(CC)CC)N(C)C)c1. The Morgan fingerprint density at radius 2 is 1.90 bits per heavy atom. The number of nitrogens with one attached hydrogen (secondary N) is 1. The molecule has 0 fully saturated rings. The van der Waals surface area contributed by atoms with Crippen LogP contribution in [-0.4, -0.2) is 36.1 Å². The summed E-state index contributed by atoms with van der Waals surface area (Å²) >= 11 is 0. The highest BCUT2D eigenvalue weighted by Gasteiger charge is 2.19. The molecule has 0 radical (unpaired) electrons. The lowest BCUT2D eigenvalue weighted by Gasteiger charge is -2.31. The molecule has 3 heteroatoms. The summed E-state index contributed by atoms with van der Waals surface area (Å²) in [5.74, 6) is 0.780. The highest BCUT2D eigenvalue weighted by atomic mass is 15.1. The average Bonchev–Trinajstić information content (AvgIpc) is 2.86. The molecular weight excluding hydrogens is 246 g/mol. The summed E-state index contributed by atoms with van der Waals surface area (Å²) in [6.07, 6.45) is 8.16. The molecule has 1 unspecified atom stereocenters. The Balaban J connectivity index is 2.43. The number of aryl methyl sites for hydroxylation is 1. The van der Waals surface area contributed by atoms with E-state index in [1.54, 1.807) is 0 Å². The first-order valence-electron chi connectivity index (χ1n) is 8.14. The molecule has 116 valence electrons. The largest absolute Gasteiger partial charge is 0.354 e. The highest BCUT2D eigenvalue weighted by Crippen LogP contribution is 2.16. The van der Waals surface area contributed by atoms with Gasteiger partial charge in [0, 0.05) is 38.1 Å². The zero-order valence-electron chi connectivity index (χ0n) is 14.0. The van der Waals surface area contributed by atoms with E-state index in [2.05, 4.69) is 68.1 Å². The standard InChI is InChI=1S/C17H33N3/c1-6-10-20-11-9-15(14-20)12-18-13-17(19(4)5)16(7-2)8-3/h9,11,14,16-18H,6-8,10,12-13H2,1-5H3. The zero-order valence-corrected chi connectivity index (χ0v) is 14.0. The van der Waals surface area contributed by atoms with Crippen molar-refractivity contribution < 1.29 is 0 Å². The van der Waals surface area contributed by atoms with E-state index in [1.165, 1.54) is 24.8 Å². The first-order chi connectivity index (χ1) is 9.62. The topological polar surface area (TPSA) is 20.2 Å².